The summed E-state index contributed by atoms with van der Waals surface area (Å²) < 4.78 is 5.51. The zero-order valence-electron chi connectivity index (χ0n) is 25.3. The maximum absolute atomic E-state index is 13.7. The molecule has 0 spiro atoms. The van der Waals surface area contributed by atoms with Gasteiger partial charge in [-0.2, -0.15) is 0 Å². The van der Waals surface area contributed by atoms with Crippen LogP contribution in [0, 0.1) is 0 Å². The molecule has 2 aromatic carbocycles. The maximum Gasteiger partial charge on any atom is 0.249 e. The second-order valence-corrected chi connectivity index (χ2v) is 9.68. The van der Waals surface area contributed by atoms with Crippen LogP contribution in [0.2, 0.25) is 0 Å². The number of nitrogens with zero attached hydrogens (tertiary/aromatic N) is 2. The minimum Gasteiger partial charge on any atom is -0.494 e. The molecule has 0 heterocycles. The Bertz CT molecular complexity index is 1060. The van der Waals surface area contributed by atoms with Crippen LogP contribution in [0.15, 0.2) is 54.6 Å². The third kappa shape index (κ3) is 15.1. The number of carbonyl (C=O) groups excluding carboxylic acids is 3. The van der Waals surface area contributed by atoms with Gasteiger partial charge in [0.2, 0.25) is 18.2 Å². The van der Waals surface area contributed by atoms with E-state index in [0.29, 0.717) is 56.9 Å². The van der Waals surface area contributed by atoms with Crippen LogP contribution in [0.5, 0.6) is 5.75 Å². The number of amides is 3. The molecule has 0 aliphatic carbocycles. The van der Waals surface area contributed by atoms with Crippen LogP contribution in [-0.2, 0) is 20.8 Å². The number of halogens is 4. The summed E-state index contributed by atoms with van der Waals surface area (Å²) in [6.07, 6.45) is 1.78. The summed E-state index contributed by atoms with van der Waals surface area (Å²) >= 11 is 0. The average molecular weight is 702 g/mol. The normalized spacial score (nSPS) is 11.9. The molecular weight excluding hydrogens is 652 g/mol. The molecule has 15 heteroatoms. The van der Waals surface area contributed by atoms with Gasteiger partial charge in [0, 0.05) is 45.5 Å². The van der Waals surface area contributed by atoms with Gasteiger partial charge in [0.1, 0.15) is 17.3 Å². The van der Waals surface area contributed by atoms with E-state index in [1.807, 2.05) is 37.3 Å². The van der Waals surface area contributed by atoms with Gasteiger partial charge in [-0.1, -0.05) is 30.3 Å². The van der Waals surface area contributed by atoms with Gasteiger partial charge in [0.05, 0.1) is 6.61 Å². The van der Waals surface area contributed by atoms with E-state index < -0.39 is 17.5 Å². The summed E-state index contributed by atoms with van der Waals surface area (Å²) in [6, 6.07) is 16.1. The number of ether oxygens (including phenoxy) is 1. The van der Waals surface area contributed by atoms with E-state index in [1.54, 1.807) is 31.3 Å². The van der Waals surface area contributed by atoms with Gasteiger partial charge in [0.15, 0.2) is 0 Å². The third-order valence-electron chi connectivity index (χ3n) is 6.61. The zero-order chi connectivity index (χ0) is 29.4. The Morgan fingerprint density at radius 3 is 2.16 bits per heavy atom. The van der Waals surface area contributed by atoms with Crippen LogP contribution in [0.3, 0.4) is 0 Å². The molecule has 0 saturated heterocycles. The van der Waals surface area contributed by atoms with Gasteiger partial charge in [-0.3, -0.25) is 14.4 Å². The van der Waals surface area contributed by atoms with E-state index in [0.717, 1.165) is 5.56 Å². The molecule has 0 aliphatic rings. The van der Waals surface area contributed by atoms with E-state index in [9.17, 15) is 14.4 Å². The highest BCUT2D eigenvalue weighted by atomic mass is 35.5. The van der Waals surface area contributed by atoms with Crippen molar-refractivity contribution in [2.45, 2.75) is 37.8 Å². The fourth-order valence-electron chi connectivity index (χ4n) is 4.31. The summed E-state index contributed by atoms with van der Waals surface area (Å²) in [5.74, 6) is -0.0990. The highest BCUT2D eigenvalue weighted by Gasteiger charge is 2.38. The van der Waals surface area contributed by atoms with Gasteiger partial charge in [-0.05, 0) is 62.6 Å². The summed E-state index contributed by atoms with van der Waals surface area (Å²) in [5.41, 5.74) is 18.1. The number of nitrogens with two attached hydrogens (primary N) is 3. The lowest BCUT2D eigenvalue weighted by Crippen LogP contribution is -2.64. The number of carbonyl (C=O) groups is 3. The van der Waals surface area contributed by atoms with Crippen molar-refractivity contribution in [3.05, 3.63) is 60.2 Å². The number of nitrogens with one attached hydrogen (secondary N) is 2. The van der Waals surface area contributed by atoms with Crippen LogP contribution in [0.1, 0.15) is 25.3 Å². The molecule has 44 heavy (non-hydrogen) atoms. The summed E-state index contributed by atoms with van der Waals surface area (Å²) in [4.78, 5) is 42.0. The second-order valence-electron chi connectivity index (χ2n) is 9.68. The number of hydrogen-bond acceptors (Lipinski definition) is 8. The lowest BCUT2D eigenvalue weighted by Gasteiger charge is -2.34. The molecule has 2 aromatic rings. The Balaban J connectivity index is -0.00000420. The fraction of sp³-hybridized carbons (Fsp3) is 0.483. The maximum atomic E-state index is 13.7. The van der Waals surface area contributed by atoms with Crippen LogP contribution in [0.4, 0.5) is 5.69 Å². The molecule has 0 aliphatic heterocycles. The highest BCUT2D eigenvalue weighted by molar-refractivity contribution is 6.00. The summed E-state index contributed by atoms with van der Waals surface area (Å²) in [6.45, 7) is 4.28. The minimum atomic E-state index is -1.46. The SMILES string of the molecule is CCOc1ccc(N(C)C(=O)[C@H](CCc2ccccc2)NC(=O)[C@@](N)(CCNCCN)CN(C=O)CCN)cc1.Cl.Cl.Cl.Cl. The molecule has 0 fully saturated rings. The Hall–Kier alpha value is -2.35. The van der Waals surface area contributed by atoms with Crippen molar-refractivity contribution in [2.75, 3.05) is 57.8 Å². The van der Waals surface area contributed by atoms with Crippen LogP contribution >= 0.6 is 49.6 Å². The molecule has 0 saturated carbocycles. The number of benzene rings is 2. The van der Waals surface area contributed by atoms with Gasteiger partial charge >= 0.3 is 0 Å². The third-order valence-corrected chi connectivity index (χ3v) is 6.61. The van der Waals surface area contributed by atoms with Crippen molar-refractivity contribution in [3.8, 4) is 5.75 Å². The molecule has 0 unspecified atom stereocenters. The van der Waals surface area contributed by atoms with Crippen molar-refractivity contribution in [2.24, 2.45) is 17.2 Å². The first-order valence-electron chi connectivity index (χ1n) is 13.7. The van der Waals surface area contributed by atoms with E-state index in [4.69, 9.17) is 21.9 Å². The Labute approximate surface area is 286 Å². The molecule has 8 N–H and O–H groups in total. The van der Waals surface area contributed by atoms with Crippen LogP contribution in [-0.4, -0.2) is 87.6 Å². The molecule has 0 radical (unpaired) electrons. The molecule has 11 nitrogen and oxygen atoms in total. The number of rotatable bonds is 19. The molecule has 0 bridgehead atoms. The number of likely N-dealkylation sites (N-methyl/N-ethyl adjacent to an activating group) is 1. The first-order chi connectivity index (χ1) is 19.3. The Kier molecular flexibility index (Phi) is 26.1. The second kappa shape index (κ2) is 24.9. The lowest BCUT2D eigenvalue weighted by molar-refractivity contribution is -0.132. The van der Waals surface area contributed by atoms with Crippen molar-refractivity contribution in [3.63, 3.8) is 0 Å². The standard InChI is InChI=1S/C29H45N7O4.4ClH/c1-3-40-25-12-10-24(11-13-25)35(2)27(38)26(14-9-23-7-5-4-6-8-23)34-28(39)29(32,15-18-33-19-16-30)21-36(22-37)20-17-31;;;;/h4-8,10-13,22,26,33H,3,9,14-21,30-32H2,1-2H3,(H,34,39);4*1H/t26-,29+;;;;/m0..../s1. The van der Waals surface area contributed by atoms with E-state index in [1.165, 1.54) is 9.80 Å². The van der Waals surface area contributed by atoms with E-state index in [-0.39, 0.29) is 81.6 Å². The Morgan fingerprint density at radius 1 is 0.977 bits per heavy atom. The van der Waals surface area contributed by atoms with Gasteiger partial charge in [0.25, 0.3) is 0 Å². The molecular formula is C29H49Cl4N7O4. The molecule has 3 amide bonds. The predicted octanol–water partition coefficient (Wildman–Crippen LogP) is 1.91. The molecule has 2 atom stereocenters. The smallest absolute Gasteiger partial charge is 0.249 e. The van der Waals surface area contributed by atoms with Crippen molar-refractivity contribution in [1.82, 2.24) is 15.5 Å². The lowest BCUT2D eigenvalue weighted by atomic mass is 9.93. The van der Waals surface area contributed by atoms with E-state index in [2.05, 4.69) is 10.6 Å². The fourth-order valence-corrected chi connectivity index (χ4v) is 4.31. The predicted molar refractivity (Wildman–Crippen MR) is 187 cm³/mol. The summed E-state index contributed by atoms with van der Waals surface area (Å²) in [7, 11) is 1.67. The largest absolute Gasteiger partial charge is 0.494 e. The summed E-state index contributed by atoms with van der Waals surface area (Å²) in [5, 5.41) is 6.06. The minimum absolute atomic E-state index is 0. The van der Waals surface area contributed by atoms with Crippen LogP contribution in [0.25, 0.3) is 0 Å². The average Bonchev–Trinajstić information content (AvgIpc) is 2.97. The molecule has 2 rings (SSSR count). The van der Waals surface area contributed by atoms with Gasteiger partial charge in [-0.25, -0.2) is 0 Å². The van der Waals surface area contributed by atoms with E-state index >= 15 is 0 Å². The number of anilines is 1. The Morgan fingerprint density at radius 2 is 1.61 bits per heavy atom. The topological polar surface area (TPSA) is 169 Å². The zero-order valence-corrected chi connectivity index (χ0v) is 28.6. The first-order valence-corrected chi connectivity index (χ1v) is 13.7. The van der Waals surface area contributed by atoms with Crippen molar-refractivity contribution >= 4 is 73.5 Å². The van der Waals surface area contributed by atoms with Crippen molar-refractivity contribution < 1.29 is 19.1 Å². The molecule has 252 valence electrons. The number of hydrogen-bond donors (Lipinski definition) is 5. The van der Waals surface area contributed by atoms with Gasteiger partial charge < -0.3 is 42.4 Å². The quantitative estimate of drug-likeness (QED) is 0.109. The highest BCUT2D eigenvalue weighted by Crippen LogP contribution is 2.20. The van der Waals surface area contributed by atoms with Gasteiger partial charge in [-0.15, -0.1) is 49.6 Å². The van der Waals surface area contributed by atoms with Crippen molar-refractivity contribution in [1.29, 1.82) is 0 Å². The number of aryl methyl sites for hydroxylation is 1. The first kappa shape index (κ1) is 46.1. The van der Waals surface area contributed by atoms with Crippen LogP contribution < -0.4 is 37.5 Å². The monoisotopic (exact) mass is 699 g/mol. The molecule has 0 aromatic heterocycles.